The normalized spacial score (nSPS) is 26.2. The van der Waals surface area contributed by atoms with E-state index < -0.39 is 11.6 Å². The summed E-state index contributed by atoms with van der Waals surface area (Å²) in [5, 5.41) is 0. The van der Waals surface area contributed by atoms with Gasteiger partial charge in [-0.05, 0) is 105 Å². The minimum Gasteiger partial charge on any atom is -0.488 e. The molecule has 2 aromatic carbocycles. The zero-order valence-corrected chi connectivity index (χ0v) is 21.1. The van der Waals surface area contributed by atoms with Crippen LogP contribution in [0.4, 0.5) is 8.78 Å². The van der Waals surface area contributed by atoms with E-state index in [0.717, 1.165) is 36.2 Å². The van der Waals surface area contributed by atoms with Gasteiger partial charge in [-0.2, -0.15) is 0 Å². The van der Waals surface area contributed by atoms with Crippen molar-refractivity contribution < 1.29 is 13.5 Å². The molecule has 34 heavy (non-hydrogen) atoms. The smallest absolute Gasteiger partial charge is 0.190 e. The van der Waals surface area contributed by atoms with E-state index in [9.17, 15) is 8.78 Å². The highest BCUT2D eigenvalue weighted by Gasteiger charge is 2.31. The zero-order chi connectivity index (χ0) is 23.9. The fourth-order valence-corrected chi connectivity index (χ4v) is 6.67. The number of halogens is 2. The van der Waals surface area contributed by atoms with Crippen LogP contribution in [0.2, 0.25) is 0 Å². The van der Waals surface area contributed by atoms with Crippen LogP contribution in [0, 0.1) is 35.3 Å². The van der Waals surface area contributed by atoms with Gasteiger partial charge in [0.2, 0.25) is 0 Å². The van der Waals surface area contributed by atoms with Crippen LogP contribution in [-0.4, -0.2) is 6.61 Å². The van der Waals surface area contributed by atoms with Crippen LogP contribution < -0.4 is 4.74 Å². The second-order valence-electron chi connectivity index (χ2n) is 11.0. The average Bonchev–Trinajstić information content (AvgIpc) is 2.86. The second kappa shape index (κ2) is 12.2. The van der Waals surface area contributed by atoms with Crippen molar-refractivity contribution in [3.05, 3.63) is 65.2 Å². The highest BCUT2D eigenvalue weighted by molar-refractivity contribution is 5.31. The molecule has 2 saturated carbocycles. The number of hydrogen-bond donors (Lipinski definition) is 0. The second-order valence-corrected chi connectivity index (χ2v) is 11.0. The summed E-state index contributed by atoms with van der Waals surface area (Å²) in [7, 11) is 0. The van der Waals surface area contributed by atoms with Gasteiger partial charge in [-0.1, -0.05) is 62.9 Å². The maximum atomic E-state index is 14.1. The van der Waals surface area contributed by atoms with E-state index in [1.807, 2.05) is 0 Å². The van der Waals surface area contributed by atoms with Crippen LogP contribution in [0.15, 0.2) is 42.5 Å². The maximum Gasteiger partial charge on any atom is 0.190 e. The number of aryl methyl sites for hydroxylation is 1. The first-order valence-corrected chi connectivity index (χ1v) is 13.7. The highest BCUT2D eigenvalue weighted by Crippen LogP contribution is 2.44. The van der Waals surface area contributed by atoms with E-state index >= 15 is 0 Å². The van der Waals surface area contributed by atoms with Crippen molar-refractivity contribution in [2.45, 2.75) is 90.4 Å². The minimum atomic E-state index is -0.575. The summed E-state index contributed by atoms with van der Waals surface area (Å²) < 4.78 is 33.4. The Morgan fingerprint density at radius 1 is 0.824 bits per heavy atom. The molecule has 0 N–H and O–H groups in total. The number of ether oxygens (including phenoxy) is 1. The SMILES string of the molecule is CCOc1c(F)cc(CCC2CCC(C3CCC(C[C@@H](C)c4ccccc4)CC3)CC2)cc1F. The Balaban J connectivity index is 1.17. The lowest BCUT2D eigenvalue weighted by molar-refractivity contribution is 0.139. The number of benzene rings is 2. The fourth-order valence-electron chi connectivity index (χ4n) is 6.67. The van der Waals surface area contributed by atoms with Crippen molar-refractivity contribution >= 4 is 0 Å². The van der Waals surface area contributed by atoms with Crippen LogP contribution in [-0.2, 0) is 6.42 Å². The van der Waals surface area contributed by atoms with Gasteiger partial charge in [0.1, 0.15) is 0 Å². The molecule has 1 atom stereocenters. The molecular formula is C31H42F2O. The molecule has 0 radical (unpaired) electrons. The lowest BCUT2D eigenvalue weighted by Crippen LogP contribution is -2.26. The Kier molecular flexibility index (Phi) is 9.03. The van der Waals surface area contributed by atoms with Crippen LogP contribution in [0.25, 0.3) is 0 Å². The molecule has 0 heterocycles. The molecule has 2 aliphatic rings. The van der Waals surface area contributed by atoms with E-state index in [2.05, 4.69) is 37.3 Å². The molecule has 4 rings (SSSR count). The van der Waals surface area contributed by atoms with Crippen molar-refractivity contribution in [2.24, 2.45) is 23.7 Å². The molecule has 2 aromatic rings. The van der Waals surface area contributed by atoms with Crippen molar-refractivity contribution in [3.63, 3.8) is 0 Å². The summed E-state index contributed by atoms with van der Waals surface area (Å²) in [6.45, 7) is 4.39. The lowest BCUT2D eigenvalue weighted by Gasteiger charge is -2.38. The lowest BCUT2D eigenvalue weighted by atomic mass is 9.67. The molecule has 0 saturated heterocycles. The molecule has 2 aliphatic carbocycles. The van der Waals surface area contributed by atoms with Crippen molar-refractivity contribution in [3.8, 4) is 5.75 Å². The predicted molar refractivity (Wildman–Crippen MR) is 136 cm³/mol. The maximum absolute atomic E-state index is 14.1. The highest BCUT2D eigenvalue weighted by atomic mass is 19.1. The first kappa shape index (κ1) is 25.2. The molecule has 0 spiro atoms. The summed E-state index contributed by atoms with van der Waals surface area (Å²) in [5.74, 6) is 2.66. The molecule has 2 fully saturated rings. The Bertz CT molecular complexity index is 857. The number of hydrogen-bond acceptors (Lipinski definition) is 1. The Morgan fingerprint density at radius 3 is 1.94 bits per heavy atom. The van der Waals surface area contributed by atoms with E-state index in [4.69, 9.17) is 4.74 Å². The molecule has 0 unspecified atom stereocenters. The van der Waals surface area contributed by atoms with Gasteiger partial charge in [-0.15, -0.1) is 0 Å². The average molecular weight is 469 g/mol. The quantitative estimate of drug-likeness (QED) is 0.356. The molecule has 0 aromatic heterocycles. The summed E-state index contributed by atoms with van der Waals surface area (Å²) >= 11 is 0. The summed E-state index contributed by atoms with van der Waals surface area (Å²) in [6.07, 6.45) is 14.0. The van der Waals surface area contributed by atoms with Crippen LogP contribution in [0.1, 0.15) is 95.1 Å². The third kappa shape index (κ3) is 6.61. The first-order chi connectivity index (χ1) is 16.5. The van der Waals surface area contributed by atoms with Gasteiger partial charge < -0.3 is 4.74 Å². The van der Waals surface area contributed by atoms with E-state index in [0.29, 0.717) is 11.8 Å². The van der Waals surface area contributed by atoms with Crippen molar-refractivity contribution in [1.82, 2.24) is 0 Å². The van der Waals surface area contributed by atoms with Gasteiger partial charge in [-0.25, -0.2) is 8.78 Å². The zero-order valence-electron chi connectivity index (χ0n) is 21.1. The van der Waals surface area contributed by atoms with Crippen LogP contribution >= 0.6 is 0 Å². The van der Waals surface area contributed by atoms with Gasteiger partial charge in [-0.3, -0.25) is 0 Å². The monoisotopic (exact) mass is 468 g/mol. The number of rotatable bonds is 9. The summed E-state index contributed by atoms with van der Waals surface area (Å²) in [6, 6.07) is 13.9. The summed E-state index contributed by atoms with van der Waals surface area (Å²) in [5.41, 5.74) is 2.24. The molecular weight excluding hydrogens is 426 g/mol. The van der Waals surface area contributed by atoms with Gasteiger partial charge in [0.05, 0.1) is 6.61 Å². The molecule has 186 valence electrons. The van der Waals surface area contributed by atoms with E-state index in [1.165, 1.54) is 75.5 Å². The Morgan fingerprint density at radius 2 is 1.38 bits per heavy atom. The third-order valence-electron chi connectivity index (χ3n) is 8.69. The molecule has 0 bridgehead atoms. The largest absolute Gasteiger partial charge is 0.488 e. The topological polar surface area (TPSA) is 9.23 Å². The molecule has 1 nitrogen and oxygen atoms in total. The third-order valence-corrected chi connectivity index (χ3v) is 8.69. The van der Waals surface area contributed by atoms with E-state index in [1.54, 1.807) is 6.92 Å². The molecule has 0 aliphatic heterocycles. The van der Waals surface area contributed by atoms with E-state index in [-0.39, 0.29) is 12.4 Å². The summed E-state index contributed by atoms with van der Waals surface area (Å²) in [4.78, 5) is 0. The fraction of sp³-hybridized carbons (Fsp3) is 0.613. The van der Waals surface area contributed by atoms with Gasteiger partial charge >= 0.3 is 0 Å². The van der Waals surface area contributed by atoms with Crippen molar-refractivity contribution in [1.29, 1.82) is 0 Å². The van der Waals surface area contributed by atoms with Gasteiger partial charge in [0.15, 0.2) is 17.4 Å². The first-order valence-electron chi connectivity index (χ1n) is 13.7. The van der Waals surface area contributed by atoms with Gasteiger partial charge in [0, 0.05) is 0 Å². The van der Waals surface area contributed by atoms with Crippen molar-refractivity contribution in [2.75, 3.05) is 6.61 Å². The van der Waals surface area contributed by atoms with Gasteiger partial charge in [0.25, 0.3) is 0 Å². The molecule has 0 amide bonds. The Hall–Kier alpha value is -1.90. The predicted octanol–water partition coefficient (Wildman–Crippen LogP) is 9.10. The van der Waals surface area contributed by atoms with Crippen LogP contribution in [0.3, 0.4) is 0 Å². The standard InChI is InChI=1S/C31H42F2O/c1-3-34-31-29(32)20-25(21-30(31)33)10-9-23-11-15-27(16-12-23)28-17-13-24(14-18-28)19-22(2)26-7-5-4-6-8-26/h4-8,20-24,27-28H,3,9-19H2,1-2H3/t22-,23?,24?,27?,28?/m1/s1. The molecule has 3 heteroatoms. The Labute approximate surface area is 205 Å². The minimum absolute atomic E-state index is 0.240. The van der Waals surface area contributed by atoms with Crippen LogP contribution in [0.5, 0.6) is 5.75 Å².